The second-order valence-electron chi connectivity index (χ2n) is 4.33. The summed E-state index contributed by atoms with van der Waals surface area (Å²) in [6.07, 6.45) is -2.31. The van der Waals surface area contributed by atoms with Crippen LogP contribution in [0.4, 0.5) is 13.2 Å². The Bertz CT molecular complexity index is 308. The number of likely N-dealkylation sites (N-methyl/N-ethyl adjacent to an activating group) is 1. The van der Waals surface area contributed by atoms with Gasteiger partial charge in [-0.3, -0.25) is 9.59 Å². The number of hydrogen-bond acceptors (Lipinski definition) is 3. The summed E-state index contributed by atoms with van der Waals surface area (Å²) in [5.41, 5.74) is 5.62. The SMILES string of the molecule is CCCC[C@H](N)C(=O)N(C)CC(=O)NCC(F)(F)F. The molecule has 0 aliphatic heterocycles. The molecule has 0 aromatic rings. The van der Waals surface area contributed by atoms with E-state index in [2.05, 4.69) is 0 Å². The van der Waals surface area contributed by atoms with Crippen LogP contribution in [0.15, 0.2) is 0 Å². The minimum atomic E-state index is -4.46. The van der Waals surface area contributed by atoms with Crippen LogP contribution >= 0.6 is 0 Å². The standard InChI is InChI=1S/C11H20F3N3O2/c1-3-4-5-8(15)10(19)17(2)6-9(18)16-7-11(12,13)14/h8H,3-7,15H2,1-2H3,(H,16,18)/t8-/m0/s1. The van der Waals surface area contributed by atoms with Gasteiger partial charge in [0.1, 0.15) is 6.54 Å². The van der Waals surface area contributed by atoms with E-state index in [9.17, 15) is 22.8 Å². The lowest BCUT2D eigenvalue weighted by Gasteiger charge is -2.21. The van der Waals surface area contributed by atoms with Crippen molar-refractivity contribution in [3.63, 3.8) is 0 Å². The summed E-state index contributed by atoms with van der Waals surface area (Å²) >= 11 is 0. The molecule has 0 spiro atoms. The Labute approximate surface area is 110 Å². The number of carbonyl (C=O) groups is 2. The lowest BCUT2D eigenvalue weighted by molar-refractivity contribution is -0.142. The number of nitrogens with one attached hydrogen (secondary N) is 1. The third-order valence-corrected chi connectivity index (χ3v) is 2.43. The molecule has 0 saturated carbocycles. The van der Waals surface area contributed by atoms with E-state index in [-0.39, 0.29) is 0 Å². The molecule has 2 amide bonds. The van der Waals surface area contributed by atoms with Crippen molar-refractivity contribution in [3.05, 3.63) is 0 Å². The Hall–Kier alpha value is -1.31. The minimum Gasteiger partial charge on any atom is -0.345 e. The largest absolute Gasteiger partial charge is 0.405 e. The molecule has 0 saturated heterocycles. The van der Waals surface area contributed by atoms with E-state index in [0.29, 0.717) is 6.42 Å². The van der Waals surface area contributed by atoms with Crippen molar-refractivity contribution in [2.45, 2.75) is 38.4 Å². The second kappa shape index (κ2) is 7.98. The summed E-state index contributed by atoms with van der Waals surface area (Å²) in [6, 6.07) is -0.722. The molecule has 0 aromatic heterocycles. The smallest absolute Gasteiger partial charge is 0.345 e. The summed E-state index contributed by atoms with van der Waals surface area (Å²) < 4.78 is 35.6. The van der Waals surface area contributed by atoms with Gasteiger partial charge in [0, 0.05) is 7.05 Å². The van der Waals surface area contributed by atoms with Crippen LogP contribution in [0.25, 0.3) is 0 Å². The van der Waals surface area contributed by atoms with Gasteiger partial charge in [-0.15, -0.1) is 0 Å². The first-order valence-electron chi connectivity index (χ1n) is 6.01. The number of rotatable bonds is 7. The van der Waals surface area contributed by atoms with E-state index in [4.69, 9.17) is 5.73 Å². The highest BCUT2D eigenvalue weighted by molar-refractivity contribution is 5.87. The Morgan fingerprint density at radius 1 is 1.37 bits per heavy atom. The zero-order valence-corrected chi connectivity index (χ0v) is 11.1. The number of carbonyl (C=O) groups excluding carboxylic acids is 2. The Morgan fingerprint density at radius 3 is 2.42 bits per heavy atom. The van der Waals surface area contributed by atoms with Crippen molar-refractivity contribution in [1.29, 1.82) is 0 Å². The molecule has 8 heteroatoms. The summed E-state index contributed by atoms with van der Waals surface area (Å²) in [5.74, 6) is -1.31. The number of amides is 2. The van der Waals surface area contributed by atoms with Gasteiger partial charge in [-0.25, -0.2) is 0 Å². The summed E-state index contributed by atoms with van der Waals surface area (Å²) in [4.78, 5) is 23.9. The number of unbranched alkanes of at least 4 members (excludes halogenated alkanes) is 1. The Kier molecular flexibility index (Phi) is 7.43. The van der Waals surface area contributed by atoms with Gasteiger partial charge in [0.2, 0.25) is 11.8 Å². The van der Waals surface area contributed by atoms with Gasteiger partial charge in [0.15, 0.2) is 0 Å². The molecule has 112 valence electrons. The van der Waals surface area contributed by atoms with Gasteiger partial charge < -0.3 is 16.0 Å². The van der Waals surface area contributed by atoms with Crippen molar-refractivity contribution >= 4 is 11.8 Å². The fraction of sp³-hybridized carbons (Fsp3) is 0.818. The minimum absolute atomic E-state index is 0.436. The van der Waals surface area contributed by atoms with Crippen LogP contribution in [0.3, 0.4) is 0 Å². The topological polar surface area (TPSA) is 75.4 Å². The first-order valence-corrected chi connectivity index (χ1v) is 6.01. The fourth-order valence-electron chi connectivity index (χ4n) is 1.38. The average Bonchev–Trinajstić information content (AvgIpc) is 2.31. The fourth-order valence-corrected chi connectivity index (χ4v) is 1.38. The monoisotopic (exact) mass is 283 g/mol. The van der Waals surface area contributed by atoms with Gasteiger partial charge in [-0.05, 0) is 6.42 Å². The molecule has 5 nitrogen and oxygen atoms in total. The first kappa shape index (κ1) is 17.7. The van der Waals surface area contributed by atoms with Gasteiger partial charge in [0.05, 0.1) is 12.6 Å². The molecule has 0 unspecified atom stereocenters. The first-order chi connectivity index (χ1) is 8.67. The molecule has 0 heterocycles. The Balaban J connectivity index is 4.10. The van der Waals surface area contributed by atoms with E-state index >= 15 is 0 Å². The van der Waals surface area contributed by atoms with Crippen molar-refractivity contribution in [1.82, 2.24) is 10.2 Å². The van der Waals surface area contributed by atoms with Crippen LogP contribution in [-0.4, -0.2) is 49.1 Å². The maximum absolute atomic E-state index is 11.9. The van der Waals surface area contributed by atoms with Crippen LogP contribution in [0, 0.1) is 0 Å². The molecule has 0 bridgehead atoms. The summed E-state index contributed by atoms with van der Waals surface area (Å²) in [6.45, 7) is 0.107. The molecule has 0 aliphatic rings. The molecule has 1 atom stereocenters. The van der Waals surface area contributed by atoms with Crippen LogP contribution < -0.4 is 11.1 Å². The quantitative estimate of drug-likeness (QED) is 0.720. The lowest BCUT2D eigenvalue weighted by atomic mass is 10.1. The highest BCUT2D eigenvalue weighted by atomic mass is 19.4. The Morgan fingerprint density at radius 2 is 1.95 bits per heavy atom. The van der Waals surface area contributed by atoms with Crippen LogP contribution in [-0.2, 0) is 9.59 Å². The summed E-state index contributed by atoms with van der Waals surface area (Å²) in [7, 11) is 1.33. The van der Waals surface area contributed by atoms with E-state index < -0.39 is 37.1 Å². The second-order valence-corrected chi connectivity index (χ2v) is 4.33. The molecule has 0 radical (unpaired) electrons. The molecule has 0 fully saturated rings. The molecular weight excluding hydrogens is 263 g/mol. The third kappa shape index (κ3) is 8.41. The maximum atomic E-state index is 11.9. The zero-order chi connectivity index (χ0) is 15.1. The number of hydrogen-bond donors (Lipinski definition) is 2. The number of alkyl halides is 3. The third-order valence-electron chi connectivity index (χ3n) is 2.43. The van der Waals surface area contributed by atoms with Crippen LogP contribution in [0.1, 0.15) is 26.2 Å². The number of nitrogens with zero attached hydrogens (tertiary/aromatic N) is 1. The predicted molar refractivity (Wildman–Crippen MR) is 64.2 cm³/mol. The highest BCUT2D eigenvalue weighted by Gasteiger charge is 2.28. The zero-order valence-electron chi connectivity index (χ0n) is 11.1. The maximum Gasteiger partial charge on any atom is 0.405 e. The van der Waals surface area contributed by atoms with Gasteiger partial charge in [-0.2, -0.15) is 13.2 Å². The molecule has 3 N–H and O–H groups in total. The van der Waals surface area contributed by atoms with Crippen molar-refractivity contribution in [2.24, 2.45) is 5.73 Å². The van der Waals surface area contributed by atoms with Crippen LogP contribution in [0.5, 0.6) is 0 Å². The molecular formula is C11H20F3N3O2. The molecule has 0 aliphatic carbocycles. The number of halogens is 3. The number of nitrogens with two attached hydrogens (primary N) is 1. The lowest BCUT2D eigenvalue weighted by Crippen LogP contribution is -2.47. The van der Waals surface area contributed by atoms with E-state index in [0.717, 1.165) is 17.7 Å². The average molecular weight is 283 g/mol. The normalized spacial score (nSPS) is 12.9. The van der Waals surface area contributed by atoms with Gasteiger partial charge in [0.25, 0.3) is 0 Å². The molecule has 0 aromatic carbocycles. The van der Waals surface area contributed by atoms with Crippen molar-refractivity contribution in [3.8, 4) is 0 Å². The molecule has 19 heavy (non-hydrogen) atoms. The van der Waals surface area contributed by atoms with Gasteiger partial charge >= 0.3 is 6.18 Å². The van der Waals surface area contributed by atoms with Crippen LogP contribution in [0.2, 0.25) is 0 Å². The van der Waals surface area contributed by atoms with Crippen molar-refractivity contribution < 1.29 is 22.8 Å². The van der Waals surface area contributed by atoms with E-state index in [1.54, 1.807) is 5.32 Å². The highest BCUT2D eigenvalue weighted by Crippen LogP contribution is 2.12. The van der Waals surface area contributed by atoms with Gasteiger partial charge in [-0.1, -0.05) is 19.8 Å². The van der Waals surface area contributed by atoms with Crippen molar-refractivity contribution in [2.75, 3.05) is 20.1 Å². The summed E-state index contributed by atoms with van der Waals surface area (Å²) in [5, 5.41) is 1.69. The van der Waals surface area contributed by atoms with E-state index in [1.807, 2.05) is 6.92 Å². The van der Waals surface area contributed by atoms with E-state index in [1.165, 1.54) is 7.05 Å². The predicted octanol–water partition coefficient (Wildman–Crippen LogP) is 0.641. The molecule has 0 rings (SSSR count).